The van der Waals surface area contributed by atoms with Gasteiger partial charge in [-0.2, -0.15) is 4.98 Å². The summed E-state index contributed by atoms with van der Waals surface area (Å²) in [6.45, 7) is 1.91. The first-order valence-electron chi connectivity index (χ1n) is 6.48. The Bertz CT molecular complexity index is 565. The van der Waals surface area contributed by atoms with E-state index in [0.717, 1.165) is 25.9 Å². The van der Waals surface area contributed by atoms with Crippen molar-refractivity contribution in [3.05, 3.63) is 47.6 Å². The monoisotopic (exact) mass is 293 g/mol. The average molecular weight is 294 g/mol. The molecule has 0 bridgehead atoms. The fourth-order valence-electron chi connectivity index (χ4n) is 2.28. The summed E-state index contributed by atoms with van der Waals surface area (Å²) >= 11 is 0. The van der Waals surface area contributed by atoms with Crippen LogP contribution in [0.2, 0.25) is 0 Å². The molecule has 106 valence electrons. The predicted octanol–water partition coefficient (Wildman–Crippen LogP) is 2.19. The molecule has 1 aliphatic rings. The maximum atomic E-state index is 12.1. The highest BCUT2D eigenvalue weighted by atomic mass is 35.5. The molecule has 0 unspecified atom stereocenters. The van der Waals surface area contributed by atoms with E-state index in [2.05, 4.69) is 15.5 Å². The smallest absolute Gasteiger partial charge is 0.243 e. The molecule has 1 N–H and O–H groups in total. The fraction of sp³-hybridized carbons (Fsp3) is 0.357. The minimum Gasteiger partial charge on any atom is -0.339 e. The third-order valence-electron chi connectivity index (χ3n) is 3.37. The van der Waals surface area contributed by atoms with Gasteiger partial charge in [-0.1, -0.05) is 35.5 Å². The number of aromatic nitrogens is 2. The topological polar surface area (TPSA) is 68.0 Å². The van der Waals surface area contributed by atoms with Crippen LogP contribution in [-0.2, 0) is 0 Å². The van der Waals surface area contributed by atoms with E-state index in [-0.39, 0.29) is 29.9 Å². The van der Waals surface area contributed by atoms with Gasteiger partial charge in [0.25, 0.3) is 0 Å². The third-order valence-corrected chi connectivity index (χ3v) is 3.37. The van der Waals surface area contributed by atoms with Crippen molar-refractivity contribution in [1.82, 2.24) is 15.5 Å². The summed E-state index contributed by atoms with van der Waals surface area (Å²) in [5.74, 6) is 0.816. The van der Waals surface area contributed by atoms with Gasteiger partial charge in [0, 0.05) is 11.5 Å². The lowest BCUT2D eigenvalue weighted by Crippen LogP contribution is -2.26. The van der Waals surface area contributed by atoms with E-state index < -0.39 is 0 Å². The van der Waals surface area contributed by atoms with Crippen molar-refractivity contribution in [2.75, 3.05) is 13.1 Å². The van der Waals surface area contributed by atoms with Gasteiger partial charge in [-0.25, -0.2) is 0 Å². The molecule has 0 aliphatic carbocycles. The highest BCUT2D eigenvalue weighted by molar-refractivity contribution is 6.06. The summed E-state index contributed by atoms with van der Waals surface area (Å²) in [5, 5.41) is 7.09. The van der Waals surface area contributed by atoms with E-state index in [1.54, 1.807) is 12.1 Å². The van der Waals surface area contributed by atoms with Gasteiger partial charge in [-0.3, -0.25) is 4.79 Å². The zero-order valence-corrected chi connectivity index (χ0v) is 11.7. The molecular weight excluding hydrogens is 278 g/mol. The van der Waals surface area contributed by atoms with Crippen LogP contribution >= 0.6 is 12.4 Å². The number of halogens is 1. The molecule has 3 rings (SSSR count). The second-order valence-corrected chi connectivity index (χ2v) is 4.68. The largest absolute Gasteiger partial charge is 0.339 e. The first-order chi connectivity index (χ1) is 9.34. The zero-order valence-electron chi connectivity index (χ0n) is 10.9. The molecule has 20 heavy (non-hydrogen) atoms. The van der Waals surface area contributed by atoms with E-state index in [9.17, 15) is 4.79 Å². The van der Waals surface area contributed by atoms with E-state index in [1.807, 2.05) is 18.2 Å². The van der Waals surface area contributed by atoms with Gasteiger partial charge < -0.3 is 9.84 Å². The molecule has 1 saturated heterocycles. The summed E-state index contributed by atoms with van der Waals surface area (Å²) in [4.78, 5) is 16.4. The molecule has 1 aliphatic heterocycles. The maximum absolute atomic E-state index is 12.1. The maximum Gasteiger partial charge on any atom is 0.243 e. The molecule has 0 amide bonds. The van der Waals surface area contributed by atoms with Crippen molar-refractivity contribution in [1.29, 1.82) is 0 Å². The van der Waals surface area contributed by atoms with Crippen LogP contribution in [0.25, 0.3) is 0 Å². The van der Waals surface area contributed by atoms with Gasteiger partial charge in [0.05, 0.1) is 0 Å². The highest BCUT2D eigenvalue weighted by Crippen LogP contribution is 2.23. The molecular formula is C14H16ClN3O2. The average Bonchev–Trinajstić information content (AvgIpc) is 2.98. The molecule has 0 radical (unpaired) electrons. The van der Waals surface area contributed by atoms with Gasteiger partial charge in [-0.05, 0) is 25.9 Å². The lowest BCUT2D eigenvalue weighted by molar-refractivity contribution is 0.102. The van der Waals surface area contributed by atoms with Gasteiger partial charge >= 0.3 is 0 Å². The van der Waals surface area contributed by atoms with Crippen molar-refractivity contribution < 1.29 is 9.32 Å². The highest BCUT2D eigenvalue weighted by Gasteiger charge is 2.23. The number of carbonyl (C=O) groups is 1. The van der Waals surface area contributed by atoms with Crippen molar-refractivity contribution in [2.45, 2.75) is 18.8 Å². The molecule has 1 fully saturated rings. The van der Waals surface area contributed by atoms with Crippen LogP contribution in [0.5, 0.6) is 0 Å². The van der Waals surface area contributed by atoms with Crippen molar-refractivity contribution in [3.8, 4) is 0 Å². The number of ketones is 1. The Morgan fingerprint density at radius 1 is 1.20 bits per heavy atom. The minimum absolute atomic E-state index is 0. The van der Waals surface area contributed by atoms with Crippen molar-refractivity contribution in [2.24, 2.45) is 0 Å². The Morgan fingerprint density at radius 3 is 2.60 bits per heavy atom. The van der Waals surface area contributed by atoms with Crippen molar-refractivity contribution in [3.63, 3.8) is 0 Å². The lowest BCUT2D eigenvalue weighted by atomic mass is 9.98. The standard InChI is InChI=1S/C14H15N3O2.ClH/c18-12(10-4-2-1-3-5-10)13-16-14(19-17-13)11-6-8-15-9-7-11;/h1-5,11,15H,6-9H2;1H. The number of carbonyl (C=O) groups excluding carboxylic acids is 1. The molecule has 0 saturated carbocycles. The molecule has 2 aromatic rings. The zero-order chi connectivity index (χ0) is 13.1. The third kappa shape index (κ3) is 3.05. The normalized spacial score (nSPS) is 15.6. The Hall–Kier alpha value is -1.72. The first-order valence-corrected chi connectivity index (χ1v) is 6.48. The molecule has 0 atom stereocenters. The minimum atomic E-state index is -0.190. The van der Waals surface area contributed by atoms with Gasteiger partial charge in [0.1, 0.15) is 0 Å². The Balaban J connectivity index is 0.00000147. The van der Waals surface area contributed by atoms with Crippen LogP contribution in [0.15, 0.2) is 34.9 Å². The van der Waals surface area contributed by atoms with Gasteiger partial charge in [-0.15, -0.1) is 12.4 Å². The quantitative estimate of drug-likeness (QED) is 0.879. The van der Waals surface area contributed by atoms with Crippen LogP contribution in [0.4, 0.5) is 0 Å². The van der Waals surface area contributed by atoms with Crippen LogP contribution in [0.1, 0.15) is 40.8 Å². The second kappa shape index (κ2) is 6.63. The molecule has 0 spiro atoms. The number of hydrogen-bond donors (Lipinski definition) is 1. The summed E-state index contributed by atoms with van der Waals surface area (Å²) in [7, 11) is 0. The SMILES string of the molecule is Cl.O=C(c1ccccc1)c1noc(C2CCNCC2)n1. The summed E-state index contributed by atoms with van der Waals surface area (Å²) in [5.41, 5.74) is 0.583. The van der Waals surface area contributed by atoms with Gasteiger partial charge in [0.15, 0.2) is 0 Å². The van der Waals surface area contributed by atoms with Gasteiger partial charge in [0.2, 0.25) is 17.5 Å². The number of nitrogens with zero attached hydrogens (tertiary/aromatic N) is 2. The summed E-state index contributed by atoms with van der Waals surface area (Å²) < 4.78 is 5.24. The van der Waals surface area contributed by atoms with Crippen LogP contribution in [-0.4, -0.2) is 29.0 Å². The fourth-order valence-corrected chi connectivity index (χ4v) is 2.28. The van der Waals surface area contributed by atoms with Crippen LogP contribution < -0.4 is 5.32 Å². The molecule has 5 nitrogen and oxygen atoms in total. The lowest BCUT2D eigenvalue weighted by Gasteiger charge is -2.18. The predicted molar refractivity (Wildman–Crippen MR) is 76.3 cm³/mol. The van der Waals surface area contributed by atoms with E-state index >= 15 is 0 Å². The van der Waals surface area contributed by atoms with Crippen molar-refractivity contribution >= 4 is 18.2 Å². The summed E-state index contributed by atoms with van der Waals surface area (Å²) in [6, 6.07) is 9.02. The Morgan fingerprint density at radius 2 is 1.90 bits per heavy atom. The number of nitrogens with one attached hydrogen (secondary N) is 1. The molecule has 6 heteroatoms. The summed E-state index contributed by atoms with van der Waals surface area (Å²) in [6.07, 6.45) is 1.95. The second-order valence-electron chi connectivity index (χ2n) is 4.68. The number of hydrogen-bond acceptors (Lipinski definition) is 5. The van der Waals surface area contributed by atoms with E-state index in [4.69, 9.17) is 4.52 Å². The molecule has 1 aromatic heterocycles. The number of benzene rings is 1. The Labute approximate surface area is 123 Å². The van der Waals surface area contributed by atoms with E-state index in [0.29, 0.717) is 11.5 Å². The van der Waals surface area contributed by atoms with E-state index in [1.165, 1.54) is 0 Å². The number of rotatable bonds is 3. The number of piperidine rings is 1. The van der Waals surface area contributed by atoms with Crippen LogP contribution in [0.3, 0.4) is 0 Å². The first kappa shape index (κ1) is 14.7. The molecule has 2 heterocycles. The van der Waals surface area contributed by atoms with Crippen LogP contribution in [0, 0.1) is 0 Å². The molecule has 1 aromatic carbocycles. The Kier molecular flexibility index (Phi) is 4.87.